The second-order valence-electron chi connectivity index (χ2n) is 5.57. The van der Waals surface area contributed by atoms with Gasteiger partial charge in [-0.05, 0) is 43.7 Å². The van der Waals surface area contributed by atoms with Crippen LogP contribution in [0.2, 0.25) is 0 Å². The Kier molecular flexibility index (Phi) is 5.87. The molecule has 1 N–H and O–H groups in total. The predicted molar refractivity (Wildman–Crippen MR) is 95.9 cm³/mol. The number of ether oxygens (including phenoxy) is 1. The van der Waals surface area contributed by atoms with Gasteiger partial charge < -0.3 is 4.74 Å². The van der Waals surface area contributed by atoms with Crippen molar-refractivity contribution in [1.82, 2.24) is 4.72 Å². The van der Waals surface area contributed by atoms with Gasteiger partial charge in [0.15, 0.2) is 9.84 Å². The number of benzene rings is 2. The van der Waals surface area contributed by atoms with E-state index in [9.17, 15) is 16.8 Å². The second kappa shape index (κ2) is 7.55. The van der Waals surface area contributed by atoms with Crippen LogP contribution < -0.4 is 9.46 Å². The Hall–Kier alpha value is -1.90. The fraction of sp³-hybridized carbons (Fsp3) is 0.294. The lowest BCUT2D eigenvalue weighted by Crippen LogP contribution is -2.28. The van der Waals surface area contributed by atoms with Crippen molar-refractivity contribution in [2.24, 2.45) is 0 Å². The molecule has 0 radical (unpaired) electrons. The zero-order valence-corrected chi connectivity index (χ0v) is 15.9. The minimum Gasteiger partial charge on any atom is -0.494 e. The third-order valence-corrected chi connectivity index (χ3v) is 6.42. The van der Waals surface area contributed by atoms with Crippen LogP contribution >= 0.6 is 0 Å². The molecule has 0 aliphatic rings. The van der Waals surface area contributed by atoms with Crippen LogP contribution in [0.3, 0.4) is 0 Å². The van der Waals surface area contributed by atoms with E-state index in [1.165, 1.54) is 24.3 Å². The predicted octanol–water partition coefficient (Wildman–Crippen LogP) is 2.53. The molecule has 2 rings (SSSR count). The summed E-state index contributed by atoms with van der Waals surface area (Å²) in [4.78, 5) is -0.483. The van der Waals surface area contributed by atoms with Gasteiger partial charge in [-0.1, -0.05) is 24.3 Å². The summed E-state index contributed by atoms with van der Waals surface area (Å²) in [6.07, 6.45) is 0.982. The van der Waals surface area contributed by atoms with Crippen LogP contribution in [-0.2, 0) is 19.9 Å². The number of rotatable bonds is 7. The van der Waals surface area contributed by atoms with Gasteiger partial charge in [0.25, 0.3) is 0 Å². The van der Waals surface area contributed by atoms with E-state index in [0.717, 1.165) is 6.26 Å². The molecule has 0 amide bonds. The third-order valence-electron chi connectivity index (χ3n) is 3.54. The average molecular weight is 383 g/mol. The average Bonchev–Trinajstić information content (AvgIpc) is 2.54. The Morgan fingerprint density at radius 3 is 2.24 bits per heavy atom. The number of hydrogen-bond donors (Lipinski definition) is 1. The lowest BCUT2D eigenvalue weighted by atomic mass is 10.1. The molecule has 0 saturated heterocycles. The van der Waals surface area contributed by atoms with Crippen molar-refractivity contribution in [3.63, 3.8) is 0 Å². The summed E-state index contributed by atoms with van der Waals surface area (Å²) in [5, 5.41) is 0. The second-order valence-corrected chi connectivity index (χ2v) is 9.23. The molecule has 2 aromatic carbocycles. The van der Waals surface area contributed by atoms with Crippen molar-refractivity contribution in [3.05, 3.63) is 54.1 Å². The molecular formula is C17H21NO5S2. The summed E-state index contributed by atoms with van der Waals surface area (Å²) in [5.41, 5.74) is 0.714. The summed E-state index contributed by atoms with van der Waals surface area (Å²) in [6, 6.07) is 12.1. The Labute approximate surface area is 148 Å². The van der Waals surface area contributed by atoms with Crippen molar-refractivity contribution in [2.75, 3.05) is 12.9 Å². The molecular weight excluding hydrogens is 362 g/mol. The van der Waals surface area contributed by atoms with Gasteiger partial charge >= 0.3 is 0 Å². The number of nitrogens with one attached hydrogen (secondary N) is 1. The molecule has 2 aromatic rings. The minimum absolute atomic E-state index is 0.224. The zero-order valence-electron chi connectivity index (χ0n) is 14.3. The maximum absolute atomic E-state index is 12.7. The van der Waals surface area contributed by atoms with E-state index < -0.39 is 25.9 Å². The summed E-state index contributed by atoms with van der Waals surface area (Å²) in [6.45, 7) is 4.05. The van der Waals surface area contributed by atoms with Crippen molar-refractivity contribution < 1.29 is 21.6 Å². The van der Waals surface area contributed by atoms with E-state index in [4.69, 9.17) is 4.74 Å². The first-order chi connectivity index (χ1) is 11.6. The SMILES string of the molecule is CCOc1cccc(C(C)NS(=O)(=O)c2ccccc2S(C)(=O)=O)c1. The monoisotopic (exact) mass is 383 g/mol. The molecule has 0 saturated carbocycles. The molecule has 1 atom stereocenters. The number of hydrogen-bond acceptors (Lipinski definition) is 5. The van der Waals surface area contributed by atoms with Gasteiger partial charge in [-0.25, -0.2) is 21.6 Å². The van der Waals surface area contributed by atoms with Crippen molar-refractivity contribution in [3.8, 4) is 5.75 Å². The van der Waals surface area contributed by atoms with Crippen LogP contribution in [0.1, 0.15) is 25.5 Å². The lowest BCUT2D eigenvalue weighted by Gasteiger charge is -2.17. The highest BCUT2D eigenvalue weighted by Crippen LogP contribution is 2.24. The van der Waals surface area contributed by atoms with E-state index in [-0.39, 0.29) is 9.79 Å². The Balaban J connectivity index is 2.35. The molecule has 0 aliphatic carbocycles. The fourth-order valence-corrected chi connectivity index (χ4v) is 5.24. The fourth-order valence-electron chi connectivity index (χ4n) is 2.38. The van der Waals surface area contributed by atoms with Crippen LogP contribution in [0.15, 0.2) is 58.3 Å². The molecule has 0 heterocycles. The van der Waals surface area contributed by atoms with Crippen LogP contribution in [0.25, 0.3) is 0 Å². The van der Waals surface area contributed by atoms with Crippen LogP contribution in [0.5, 0.6) is 5.75 Å². The van der Waals surface area contributed by atoms with Crippen molar-refractivity contribution in [2.45, 2.75) is 29.7 Å². The standard InChI is InChI=1S/C17H21NO5S2/c1-4-23-15-9-7-8-14(12-15)13(2)18-25(21,22)17-11-6-5-10-16(17)24(3,19)20/h5-13,18H,4H2,1-3H3. The van der Waals surface area contributed by atoms with E-state index in [2.05, 4.69) is 4.72 Å². The maximum Gasteiger partial charge on any atom is 0.242 e. The highest BCUT2D eigenvalue weighted by atomic mass is 32.2. The first-order valence-corrected chi connectivity index (χ1v) is 11.1. The van der Waals surface area contributed by atoms with Gasteiger partial charge in [0.2, 0.25) is 10.0 Å². The summed E-state index contributed by atoms with van der Waals surface area (Å²) < 4.78 is 57.0. The van der Waals surface area contributed by atoms with Gasteiger partial charge in [0.1, 0.15) is 10.6 Å². The summed E-state index contributed by atoms with van der Waals surface area (Å²) >= 11 is 0. The Morgan fingerprint density at radius 1 is 1.00 bits per heavy atom. The first kappa shape index (κ1) is 19.4. The van der Waals surface area contributed by atoms with Crippen LogP contribution in [0.4, 0.5) is 0 Å². The first-order valence-electron chi connectivity index (χ1n) is 7.69. The Bertz CT molecular complexity index is 953. The Morgan fingerprint density at radius 2 is 1.64 bits per heavy atom. The van der Waals surface area contributed by atoms with Gasteiger partial charge in [0, 0.05) is 12.3 Å². The van der Waals surface area contributed by atoms with Crippen molar-refractivity contribution in [1.29, 1.82) is 0 Å². The quantitative estimate of drug-likeness (QED) is 0.793. The molecule has 136 valence electrons. The molecule has 1 unspecified atom stereocenters. The van der Waals surface area contributed by atoms with E-state index in [1.54, 1.807) is 31.2 Å². The molecule has 25 heavy (non-hydrogen) atoms. The molecule has 6 nitrogen and oxygen atoms in total. The van der Waals surface area contributed by atoms with Crippen molar-refractivity contribution >= 4 is 19.9 Å². The maximum atomic E-state index is 12.7. The van der Waals surface area contributed by atoms with Gasteiger partial charge in [-0.3, -0.25) is 0 Å². The lowest BCUT2D eigenvalue weighted by molar-refractivity contribution is 0.339. The van der Waals surface area contributed by atoms with Crippen LogP contribution in [0, 0.1) is 0 Å². The molecule has 0 spiro atoms. The number of sulfonamides is 1. The highest BCUT2D eigenvalue weighted by Gasteiger charge is 2.25. The number of sulfone groups is 1. The minimum atomic E-state index is -4.02. The van der Waals surface area contributed by atoms with E-state index in [1.807, 2.05) is 6.92 Å². The summed E-state index contributed by atoms with van der Waals surface area (Å²) in [7, 11) is -7.69. The van der Waals surface area contributed by atoms with Crippen LogP contribution in [-0.4, -0.2) is 29.7 Å². The molecule has 0 fully saturated rings. The topological polar surface area (TPSA) is 89.5 Å². The molecule has 0 aliphatic heterocycles. The molecule has 0 aromatic heterocycles. The largest absolute Gasteiger partial charge is 0.494 e. The highest BCUT2D eigenvalue weighted by molar-refractivity contribution is 7.93. The van der Waals surface area contributed by atoms with E-state index >= 15 is 0 Å². The zero-order chi connectivity index (χ0) is 18.7. The van der Waals surface area contributed by atoms with E-state index in [0.29, 0.717) is 17.9 Å². The van der Waals surface area contributed by atoms with Gasteiger partial charge in [0.05, 0.1) is 11.5 Å². The van der Waals surface area contributed by atoms with Gasteiger partial charge in [-0.2, -0.15) is 0 Å². The third kappa shape index (κ3) is 4.81. The molecule has 0 bridgehead atoms. The summed E-state index contributed by atoms with van der Waals surface area (Å²) in [5.74, 6) is 0.641. The smallest absolute Gasteiger partial charge is 0.242 e. The normalized spacial score (nSPS) is 13.4. The van der Waals surface area contributed by atoms with Gasteiger partial charge in [-0.15, -0.1) is 0 Å². The molecule has 8 heteroatoms.